The number of hydrogen-bond acceptors (Lipinski definition) is 6. The predicted octanol–water partition coefficient (Wildman–Crippen LogP) is 5.10. The van der Waals surface area contributed by atoms with Crippen LogP contribution in [0.1, 0.15) is 46.3 Å². The number of para-hydroxylation sites is 3. The molecule has 0 fully saturated rings. The third kappa shape index (κ3) is 4.61. The molecule has 8 nitrogen and oxygen atoms in total. The van der Waals surface area contributed by atoms with Crippen molar-refractivity contribution >= 4 is 44.7 Å². The number of aryl methyl sites for hydroxylation is 3. The number of rotatable bonds is 7. The number of aromatic nitrogens is 2. The molecule has 36 heavy (non-hydrogen) atoms. The number of thiophene rings is 1. The van der Waals surface area contributed by atoms with E-state index in [4.69, 9.17) is 4.74 Å². The third-order valence-electron chi connectivity index (χ3n) is 6.22. The third-order valence-corrected chi connectivity index (χ3v) is 7.42. The maximum absolute atomic E-state index is 13.4. The van der Waals surface area contributed by atoms with Crippen molar-refractivity contribution in [3.63, 3.8) is 0 Å². The van der Waals surface area contributed by atoms with Gasteiger partial charge in [0.2, 0.25) is 5.91 Å². The van der Waals surface area contributed by atoms with Crippen molar-refractivity contribution in [3.8, 4) is 5.75 Å². The molecule has 0 radical (unpaired) electrons. The van der Waals surface area contributed by atoms with E-state index >= 15 is 0 Å². The minimum absolute atomic E-state index is 0.315. The molecule has 0 bridgehead atoms. The van der Waals surface area contributed by atoms with Crippen LogP contribution in [0.15, 0.2) is 53.6 Å². The van der Waals surface area contributed by atoms with Crippen LogP contribution in [0.5, 0.6) is 5.75 Å². The van der Waals surface area contributed by atoms with E-state index in [0.29, 0.717) is 32.1 Å². The van der Waals surface area contributed by atoms with Crippen molar-refractivity contribution < 1.29 is 14.3 Å². The number of anilines is 2. The van der Waals surface area contributed by atoms with Gasteiger partial charge >= 0.3 is 0 Å². The van der Waals surface area contributed by atoms with E-state index in [1.54, 1.807) is 32.0 Å². The van der Waals surface area contributed by atoms with E-state index in [0.717, 1.165) is 34.6 Å². The highest BCUT2D eigenvalue weighted by molar-refractivity contribution is 7.20. The van der Waals surface area contributed by atoms with Crippen molar-refractivity contribution in [1.82, 2.24) is 9.55 Å². The van der Waals surface area contributed by atoms with Crippen LogP contribution in [0.4, 0.5) is 11.4 Å². The number of hydrogen-bond donors (Lipinski definition) is 2. The van der Waals surface area contributed by atoms with Crippen LogP contribution in [-0.4, -0.2) is 28.5 Å². The maximum Gasteiger partial charge on any atom is 0.266 e. The summed E-state index contributed by atoms with van der Waals surface area (Å²) in [5.74, 6) is -0.141. The summed E-state index contributed by atoms with van der Waals surface area (Å²) in [4.78, 5) is 44.8. The zero-order valence-electron chi connectivity index (χ0n) is 20.8. The number of fused-ring (bicyclic) bond motifs is 1. The Morgan fingerprint density at radius 2 is 1.86 bits per heavy atom. The lowest BCUT2D eigenvalue weighted by Gasteiger charge is -2.18. The highest BCUT2D eigenvalue weighted by Gasteiger charge is 2.24. The number of ether oxygens (including phenoxy) is 1. The molecule has 2 N–H and O–H groups in total. The summed E-state index contributed by atoms with van der Waals surface area (Å²) in [6, 6.07) is 12.2. The molecule has 0 aliphatic heterocycles. The van der Waals surface area contributed by atoms with Crippen LogP contribution in [0.2, 0.25) is 0 Å². The number of methoxy groups -OCH3 is 1. The number of nitrogens with one attached hydrogen (secondary N) is 2. The van der Waals surface area contributed by atoms with Crippen LogP contribution in [0, 0.1) is 13.8 Å². The van der Waals surface area contributed by atoms with Crippen LogP contribution in [-0.2, 0) is 11.2 Å². The van der Waals surface area contributed by atoms with E-state index in [2.05, 4.69) is 15.6 Å². The van der Waals surface area contributed by atoms with Crippen LogP contribution < -0.4 is 20.9 Å². The Kier molecular flexibility index (Phi) is 7.21. The molecule has 1 unspecified atom stereocenters. The molecular formula is C27H28N4O4S. The van der Waals surface area contributed by atoms with Crippen molar-refractivity contribution in [2.24, 2.45) is 0 Å². The Balaban J connectivity index is 1.65. The first kappa shape index (κ1) is 25.1. The summed E-state index contributed by atoms with van der Waals surface area (Å²) in [5, 5.41) is 6.15. The quantitative estimate of drug-likeness (QED) is 0.365. The zero-order chi connectivity index (χ0) is 26.0. The first-order valence-corrected chi connectivity index (χ1v) is 12.4. The molecule has 2 aromatic heterocycles. The molecular weight excluding hydrogens is 476 g/mol. The Morgan fingerprint density at radius 1 is 1.11 bits per heavy atom. The van der Waals surface area contributed by atoms with E-state index in [-0.39, 0.29) is 17.4 Å². The Labute approximate surface area is 212 Å². The smallest absolute Gasteiger partial charge is 0.266 e. The molecule has 0 aliphatic rings. The Hall–Kier alpha value is -3.98. The molecule has 2 heterocycles. The molecule has 1 atom stereocenters. The number of amides is 2. The molecule has 186 valence electrons. The average molecular weight is 505 g/mol. The van der Waals surface area contributed by atoms with Gasteiger partial charge in [-0.2, -0.15) is 0 Å². The summed E-state index contributed by atoms with van der Waals surface area (Å²) in [5.41, 5.74) is 3.43. The maximum atomic E-state index is 13.4. The Morgan fingerprint density at radius 3 is 2.58 bits per heavy atom. The number of nitrogens with zero attached hydrogens (tertiary/aromatic N) is 2. The SMILES string of the molecule is CCc1cccc(C)c1NC(=O)C(C)n1cnc2sc(C(=O)Nc3ccccc3OC)c(C)c2c1=O. The number of benzene rings is 2. The van der Waals surface area contributed by atoms with Gasteiger partial charge in [0.25, 0.3) is 11.5 Å². The minimum Gasteiger partial charge on any atom is -0.495 e. The average Bonchev–Trinajstić information content (AvgIpc) is 3.22. The highest BCUT2D eigenvalue weighted by atomic mass is 32.1. The van der Waals surface area contributed by atoms with Gasteiger partial charge in [-0.3, -0.25) is 19.0 Å². The molecule has 9 heteroatoms. The molecule has 0 saturated carbocycles. The fourth-order valence-electron chi connectivity index (χ4n) is 4.11. The standard InChI is InChI=1S/C27H28N4O4S/c1-6-18-11-9-10-15(2)22(18)30-24(32)17(4)31-14-28-26-21(27(31)34)16(3)23(36-26)25(33)29-19-12-7-8-13-20(19)35-5/h7-14,17H,6H2,1-5H3,(H,29,33)(H,30,32). The van der Waals surface area contributed by atoms with Gasteiger partial charge in [-0.05, 0) is 56.0 Å². The summed E-state index contributed by atoms with van der Waals surface area (Å²) < 4.78 is 6.61. The monoisotopic (exact) mass is 504 g/mol. The van der Waals surface area contributed by atoms with Gasteiger partial charge in [0, 0.05) is 5.69 Å². The highest BCUT2D eigenvalue weighted by Crippen LogP contribution is 2.30. The largest absolute Gasteiger partial charge is 0.495 e. The molecule has 0 spiro atoms. The lowest BCUT2D eigenvalue weighted by Crippen LogP contribution is -2.32. The van der Waals surface area contributed by atoms with E-state index in [1.165, 1.54) is 18.0 Å². The lowest BCUT2D eigenvalue weighted by molar-refractivity contribution is -0.118. The minimum atomic E-state index is -0.802. The molecule has 2 amide bonds. The van der Waals surface area contributed by atoms with Gasteiger partial charge in [0.05, 0.1) is 29.4 Å². The van der Waals surface area contributed by atoms with Gasteiger partial charge in [-0.25, -0.2) is 4.98 Å². The first-order valence-electron chi connectivity index (χ1n) is 11.6. The van der Waals surface area contributed by atoms with Gasteiger partial charge in [-0.15, -0.1) is 11.3 Å². The van der Waals surface area contributed by atoms with E-state index in [1.807, 2.05) is 38.1 Å². The van der Waals surface area contributed by atoms with Crippen LogP contribution in [0.25, 0.3) is 10.2 Å². The summed E-state index contributed by atoms with van der Waals surface area (Å²) >= 11 is 1.14. The fourth-order valence-corrected chi connectivity index (χ4v) is 5.15. The normalized spacial score (nSPS) is 11.8. The fraction of sp³-hybridized carbons (Fsp3) is 0.259. The second-order valence-electron chi connectivity index (χ2n) is 8.48. The molecule has 2 aromatic carbocycles. The zero-order valence-corrected chi connectivity index (χ0v) is 21.7. The Bertz CT molecular complexity index is 1520. The summed E-state index contributed by atoms with van der Waals surface area (Å²) in [6.45, 7) is 7.34. The number of carbonyl (C=O) groups is 2. The lowest BCUT2D eigenvalue weighted by atomic mass is 10.1. The van der Waals surface area contributed by atoms with Crippen LogP contribution in [0.3, 0.4) is 0 Å². The van der Waals surface area contributed by atoms with Crippen molar-refractivity contribution in [2.75, 3.05) is 17.7 Å². The number of carbonyl (C=O) groups excluding carboxylic acids is 2. The van der Waals surface area contributed by atoms with Crippen molar-refractivity contribution in [1.29, 1.82) is 0 Å². The van der Waals surface area contributed by atoms with E-state index < -0.39 is 6.04 Å². The molecule has 0 saturated heterocycles. The van der Waals surface area contributed by atoms with Gasteiger partial charge < -0.3 is 15.4 Å². The van der Waals surface area contributed by atoms with Crippen molar-refractivity contribution in [3.05, 3.63) is 80.7 Å². The van der Waals surface area contributed by atoms with E-state index in [9.17, 15) is 14.4 Å². The van der Waals surface area contributed by atoms with Crippen molar-refractivity contribution in [2.45, 2.75) is 40.2 Å². The molecule has 0 aliphatic carbocycles. The predicted molar refractivity (Wildman–Crippen MR) is 143 cm³/mol. The van der Waals surface area contributed by atoms with Gasteiger partial charge in [0.15, 0.2) is 0 Å². The van der Waals surface area contributed by atoms with Gasteiger partial charge in [0.1, 0.15) is 16.6 Å². The summed E-state index contributed by atoms with van der Waals surface area (Å²) in [7, 11) is 1.53. The summed E-state index contributed by atoms with van der Waals surface area (Å²) in [6.07, 6.45) is 2.14. The second kappa shape index (κ2) is 10.3. The van der Waals surface area contributed by atoms with Crippen LogP contribution >= 0.6 is 11.3 Å². The molecule has 4 aromatic rings. The van der Waals surface area contributed by atoms with Gasteiger partial charge in [-0.1, -0.05) is 37.3 Å². The topological polar surface area (TPSA) is 102 Å². The first-order chi connectivity index (χ1) is 17.3. The second-order valence-corrected chi connectivity index (χ2v) is 9.47. The molecule has 4 rings (SSSR count).